The molecule has 1 spiro atoms. The second kappa shape index (κ2) is 8.92. The standard InChI is InChI=1S/C26H23NO5S2/c1-30-17-14-12-16(13-15-17)27-22(24(28)31-2)26(34-23(27)25(29)32-3)18-8-4-6-10-20(18)33-21-11-7-5-9-19(21)26/h4-15,22-23H,1-3H3/t22-,23+/m0/s1. The summed E-state index contributed by atoms with van der Waals surface area (Å²) in [7, 11) is 4.34. The molecule has 174 valence electrons. The molecule has 3 aromatic carbocycles. The number of fused-ring (bicyclic) bond motifs is 4. The number of methoxy groups -OCH3 is 3. The van der Waals surface area contributed by atoms with Crippen LogP contribution in [0.3, 0.4) is 0 Å². The number of nitrogens with zero attached hydrogens (tertiary/aromatic N) is 1. The van der Waals surface area contributed by atoms with Gasteiger partial charge < -0.3 is 19.1 Å². The average molecular weight is 494 g/mol. The molecule has 0 saturated carbocycles. The Morgan fingerprint density at radius 1 is 0.794 bits per heavy atom. The molecule has 0 N–H and O–H groups in total. The first-order valence-electron chi connectivity index (χ1n) is 10.7. The normalized spacial score (nSPS) is 19.8. The van der Waals surface area contributed by atoms with Gasteiger partial charge in [-0.2, -0.15) is 0 Å². The first-order chi connectivity index (χ1) is 16.5. The van der Waals surface area contributed by atoms with Gasteiger partial charge in [-0.25, -0.2) is 9.59 Å². The molecule has 0 radical (unpaired) electrons. The molecular weight excluding hydrogens is 470 g/mol. The minimum atomic E-state index is -0.885. The van der Waals surface area contributed by atoms with Crippen molar-refractivity contribution in [3.05, 3.63) is 83.9 Å². The van der Waals surface area contributed by atoms with E-state index in [1.54, 1.807) is 18.9 Å². The lowest BCUT2D eigenvalue weighted by Gasteiger charge is -2.41. The highest BCUT2D eigenvalue weighted by Gasteiger charge is 2.63. The summed E-state index contributed by atoms with van der Waals surface area (Å²) in [6, 6.07) is 22.6. The van der Waals surface area contributed by atoms with E-state index in [0.29, 0.717) is 11.4 Å². The van der Waals surface area contributed by atoms with Gasteiger partial charge in [0.05, 0.1) is 21.3 Å². The molecule has 5 rings (SSSR count). The first-order valence-corrected chi connectivity index (χ1v) is 12.4. The largest absolute Gasteiger partial charge is 0.497 e. The van der Waals surface area contributed by atoms with Crippen molar-refractivity contribution in [2.75, 3.05) is 26.2 Å². The van der Waals surface area contributed by atoms with Gasteiger partial charge in [-0.05, 0) is 47.5 Å². The van der Waals surface area contributed by atoms with Gasteiger partial charge in [0.25, 0.3) is 0 Å². The minimum absolute atomic E-state index is 0.425. The maximum atomic E-state index is 13.6. The summed E-state index contributed by atoms with van der Waals surface area (Å²) in [5.74, 6) is -0.176. The molecule has 0 bridgehead atoms. The maximum Gasteiger partial charge on any atom is 0.339 e. The highest BCUT2D eigenvalue weighted by molar-refractivity contribution is 8.03. The van der Waals surface area contributed by atoms with Crippen molar-refractivity contribution in [1.29, 1.82) is 0 Å². The molecule has 0 amide bonds. The lowest BCUT2D eigenvalue weighted by atomic mass is 9.82. The van der Waals surface area contributed by atoms with Crippen LogP contribution in [-0.2, 0) is 23.8 Å². The molecule has 8 heteroatoms. The van der Waals surface area contributed by atoms with Crippen LogP contribution in [0.2, 0.25) is 0 Å². The van der Waals surface area contributed by atoms with Crippen LogP contribution < -0.4 is 9.64 Å². The van der Waals surface area contributed by atoms with Crippen LogP contribution in [0.5, 0.6) is 5.75 Å². The zero-order valence-corrected chi connectivity index (χ0v) is 20.5. The van der Waals surface area contributed by atoms with Gasteiger partial charge in [0.15, 0.2) is 11.4 Å². The van der Waals surface area contributed by atoms with Crippen molar-refractivity contribution in [2.45, 2.75) is 26.0 Å². The Morgan fingerprint density at radius 2 is 1.35 bits per heavy atom. The van der Waals surface area contributed by atoms with E-state index in [1.165, 1.54) is 26.0 Å². The third kappa shape index (κ3) is 3.35. The van der Waals surface area contributed by atoms with Gasteiger partial charge in [-0.3, -0.25) is 0 Å². The van der Waals surface area contributed by atoms with Crippen LogP contribution in [0.4, 0.5) is 5.69 Å². The van der Waals surface area contributed by atoms with Gasteiger partial charge in [-0.1, -0.05) is 48.2 Å². The third-order valence-electron chi connectivity index (χ3n) is 6.21. The van der Waals surface area contributed by atoms with Crippen molar-refractivity contribution in [1.82, 2.24) is 0 Å². The highest BCUT2D eigenvalue weighted by atomic mass is 32.2. The van der Waals surface area contributed by atoms with Gasteiger partial charge in [0.2, 0.25) is 0 Å². The first kappa shape index (κ1) is 22.7. The zero-order chi connectivity index (χ0) is 23.9. The Labute approximate surface area is 206 Å². The van der Waals surface area contributed by atoms with E-state index in [1.807, 2.05) is 65.6 Å². The van der Waals surface area contributed by atoms with E-state index in [0.717, 1.165) is 20.9 Å². The molecule has 0 aromatic heterocycles. The topological polar surface area (TPSA) is 65.1 Å². The number of benzene rings is 3. The molecular formula is C26H23NO5S2. The Kier molecular flexibility index (Phi) is 5.95. The van der Waals surface area contributed by atoms with Crippen LogP contribution >= 0.6 is 23.5 Å². The maximum absolute atomic E-state index is 13.6. The predicted octanol–water partition coefficient (Wildman–Crippen LogP) is 4.70. The second-order valence-electron chi connectivity index (χ2n) is 7.85. The van der Waals surface area contributed by atoms with Gasteiger partial charge in [-0.15, -0.1) is 11.8 Å². The van der Waals surface area contributed by atoms with E-state index >= 15 is 0 Å². The van der Waals surface area contributed by atoms with Gasteiger partial charge in [0.1, 0.15) is 10.5 Å². The van der Waals surface area contributed by atoms with Crippen LogP contribution in [-0.4, -0.2) is 44.7 Å². The summed E-state index contributed by atoms with van der Waals surface area (Å²) in [6.07, 6.45) is 0. The molecule has 0 aliphatic carbocycles. The summed E-state index contributed by atoms with van der Waals surface area (Å²) < 4.78 is 15.0. The number of carbonyl (C=O) groups excluding carboxylic acids is 2. The number of carbonyl (C=O) groups is 2. The molecule has 2 atom stereocenters. The summed E-state index contributed by atoms with van der Waals surface area (Å²) in [4.78, 5) is 30.7. The predicted molar refractivity (Wildman–Crippen MR) is 132 cm³/mol. The van der Waals surface area contributed by atoms with E-state index in [4.69, 9.17) is 14.2 Å². The molecule has 1 fully saturated rings. The average Bonchev–Trinajstić information content (AvgIpc) is 3.24. The number of ether oxygens (including phenoxy) is 3. The molecule has 2 heterocycles. The Hall–Kier alpha value is -3.10. The lowest BCUT2D eigenvalue weighted by Crippen LogP contribution is -2.52. The number of hydrogen-bond donors (Lipinski definition) is 0. The molecule has 0 unspecified atom stereocenters. The van der Waals surface area contributed by atoms with E-state index in [9.17, 15) is 9.59 Å². The van der Waals surface area contributed by atoms with Crippen molar-refractivity contribution in [2.24, 2.45) is 0 Å². The number of esters is 2. The monoisotopic (exact) mass is 493 g/mol. The third-order valence-corrected chi connectivity index (χ3v) is 9.04. The Morgan fingerprint density at radius 3 is 1.88 bits per heavy atom. The molecule has 1 saturated heterocycles. The van der Waals surface area contributed by atoms with Crippen LogP contribution in [0.15, 0.2) is 82.6 Å². The van der Waals surface area contributed by atoms with E-state index in [2.05, 4.69) is 12.1 Å². The Bertz CT molecular complexity index is 1200. The van der Waals surface area contributed by atoms with Crippen molar-refractivity contribution in [3.63, 3.8) is 0 Å². The summed E-state index contributed by atoms with van der Waals surface area (Å²) in [5, 5.41) is -0.772. The fraction of sp³-hybridized carbons (Fsp3) is 0.231. The quantitative estimate of drug-likeness (QED) is 0.485. The smallest absolute Gasteiger partial charge is 0.339 e. The fourth-order valence-corrected chi connectivity index (χ4v) is 7.92. The number of rotatable bonds is 4. The van der Waals surface area contributed by atoms with Crippen molar-refractivity contribution < 1.29 is 23.8 Å². The lowest BCUT2D eigenvalue weighted by molar-refractivity contribution is -0.143. The van der Waals surface area contributed by atoms with Crippen LogP contribution in [0.25, 0.3) is 0 Å². The molecule has 34 heavy (non-hydrogen) atoms. The van der Waals surface area contributed by atoms with E-state index < -0.39 is 28.1 Å². The second-order valence-corrected chi connectivity index (χ2v) is 10.3. The summed E-state index contributed by atoms with van der Waals surface area (Å²) in [6.45, 7) is 0. The number of hydrogen-bond acceptors (Lipinski definition) is 8. The summed E-state index contributed by atoms with van der Waals surface area (Å²) >= 11 is 3.09. The van der Waals surface area contributed by atoms with Crippen LogP contribution in [0.1, 0.15) is 11.1 Å². The summed E-state index contributed by atoms with van der Waals surface area (Å²) in [5.41, 5.74) is 2.65. The highest BCUT2D eigenvalue weighted by Crippen LogP contribution is 2.63. The minimum Gasteiger partial charge on any atom is -0.497 e. The number of thioether (sulfide) groups is 1. The van der Waals surface area contributed by atoms with Crippen molar-refractivity contribution >= 4 is 41.1 Å². The molecule has 3 aromatic rings. The molecule has 6 nitrogen and oxygen atoms in total. The zero-order valence-electron chi connectivity index (χ0n) is 18.9. The van der Waals surface area contributed by atoms with Gasteiger partial charge >= 0.3 is 11.9 Å². The Balaban J connectivity index is 1.81. The SMILES string of the molecule is COC(=O)[C@H]1SC2(c3ccccc3Sc3ccccc32)[C@H](C(=O)OC)N1c1ccc(OC)cc1. The number of anilines is 1. The molecule has 2 aliphatic rings. The van der Waals surface area contributed by atoms with Crippen LogP contribution in [0, 0.1) is 0 Å². The molecule has 2 aliphatic heterocycles. The van der Waals surface area contributed by atoms with E-state index in [-0.39, 0.29) is 0 Å². The van der Waals surface area contributed by atoms with Gasteiger partial charge in [0, 0.05) is 15.5 Å². The van der Waals surface area contributed by atoms with Crippen molar-refractivity contribution in [3.8, 4) is 5.75 Å². The fourth-order valence-electron chi connectivity index (χ4n) is 4.73.